The molecule has 0 atom stereocenters. The summed E-state index contributed by atoms with van der Waals surface area (Å²) in [5.41, 5.74) is 2.12. The van der Waals surface area contributed by atoms with Crippen LogP contribution >= 0.6 is 11.6 Å². The number of benzene rings is 2. The Balaban J connectivity index is 1.92. The van der Waals surface area contributed by atoms with Crippen molar-refractivity contribution < 1.29 is 19.1 Å². The summed E-state index contributed by atoms with van der Waals surface area (Å²) in [6, 6.07) is 8.49. The topological polar surface area (TPSA) is 67.9 Å². The number of anilines is 1. The monoisotopic (exact) mass is 402 g/mol. The predicted molar refractivity (Wildman–Crippen MR) is 109 cm³/mol. The Bertz CT molecular complexity index is 908. The highest BCUT2D eigenvalue weighted by Gasteiger charge is 2.24. The van der Waals surface area contributed by atoms with E-state index in [2.05, 4.69) is 5.32 Å². The van der Waals surface area contributed by atoms with Crippen molar-refractivity contribution in [2.45, 2.75) is 19.8 Å². The summed E-state index contributed by atoms with van der Waals surface area (Å²) in [6.45, 7) is 3.34. The number of para-hydroxylation sites is 1. The number of aryl methyl sites for hydroxylation is 1. The number of amides is 2. The number of ether oxygens (including phenoxy) is 2. The molecule has 0 unspecified atom stereocenters. The van der Waals surface area contributed by atoms with Crippen LogP contribution in [0.1, 0.15) is 39.1 Å². The number of nitrogens with zero attached hydrogens (tertiary/aromatic N) is 1. The third-order valence-electron chi connectivity index (χ3n) is 4.83. The molecule has 28 heavy (non-hydrogen) atoms. The molecule has 2 amide bonds. The molecule has 1 heterocycles. The van der Waals surface area contributed by atoms with E-state index >= 15 is 0 Å². The first-order valence-corrected chi connectivity index (χ1v) is 9.45. The van der Waals surface area contributed by atoms with Crippen LogP contribution in [-0.2, 0) is 0 Å². The summed E-state index contributed by atoms with van der Waals surface area (Å²) in [6.07, 6.45) is 2.01. The summed E-state index contributed by atoms with van der Waals surface area (Å²) in [5, 5.41) is 3.14. The number of likely N-dealkylation sites (tertiary alicyclic amines) is 1. The first kappa shape index (κ1) is 20.0. The van der Waals surface area contributed by atoms with Crippen molar-refractivity contribution in [2.24, 2.45) is 0 Å². The van der Waals surface area contributed by atoms with Crippen LogP contribution in [0.25, 0.3) is 0 Å². The minimum atomic E-state index is -0.382. The fraction of sp³-hybridized carbons (Fsp3) is 0.333. The lowest BCUT2D eigenvalue weighted by Gasteiger charge is -2.19. The van der Waals surface area contributed by atoms with Crippen LogP contribution in [0.15, 0.2) is 30.3 Å². The van der Waals surface area contributed by atoms with E-state index in [1.54, 1.807) is 12.1 Å². The van der Waals surface area contributed by atoms with Crippen LogP contribution in [-0.4, -0.2) is 44.0 Å². The zero-order valence-corrected chi connectivity index (χ0v) is 16.9. The lowest BCUT2D eigenvalue weighted by Crippen LogP contribution is -2.29. The van der Waals surface area contributed by atoms with Gasteiger partial charge in [0.1, 0.15) is 0 Å². The van der Waals surface area contributed by atoms with Crippen molar-refractivity contribution in [3.8, 4) is 11.5 Å². The van der Waals surface area contributed by atoms with Gasteiger partial charge >= 0.3 is 0 Å². The first-order valence-electron chi connectivity index (χ1n) is 9.08. The molecular formula is C21H23ClN2O4. The summed E-state index contributed by atoms with van der Waals surface area (Å²) in [4.78, 5) is 27.6. The minimum Gasteiger partial charge on any atom is -0.493 e. The molecule has 3 rings (SSSR count). The SMILES string of the molecule is COc1cc(C(=O)Nc2c(C)cccc2C(=O)N2CCCC2)cc(Cl)c1OC. The van der Waals surface area contributed by atoms with Gasteiger partial charge < -0.3 is 19.7 Å². The third-order valence-corrected chi connectivity index (χ3v) is 5.11. The van der Waals surface area contributed by atoms with Crippen LogP contribution < -0.4 is 14.8 Å². The number of carbonyl (C=O) groups excluding carboxylic acids is 2. The molecule has 0 bridgehead atoms. The normalized spacial score (nSPS) is 13.4. The highest BCUT2D eigenvalue weighted by molar-refractivity contribution is 6.32. The third kappa shape index (κ3) is 3.92. The number of halogens is 1. The van der Waals surface area contributed by atoms with E-state index < -0.39 is 0 Å². The molecule has 1 aliphatic rings. The van der Waals surface area contributed by atoms with Gasteiger partial charge in [0, 0.05) is 18.7 Å². The Hall–Kier alpha value is -2.73. The molecule has 6 nitrogen and oxygen atoms in total. The van der Waals surface area contributed by atoms with Crippen LogP contribution in [0, 0.1) is 6.92 Å². The van der Waals surface area contributed by atoms with Gasteiger partial charge in [-0.3, -0.25) is 9.59 Å². The van der Waals surface area contributed by atoms with Crippen LogP contribution in [0.5, 0.6) is 11.5 Å². The first-order chi connectivity index (χ1) is 13.5. The molecule has 0 aliphatic carbocycles. The Kier molecular flexibility index (Phi) is 6.09. The summed E-state index contributed by atoms with van der Waals surface area (Å²) in [5.74, 6) is 0.272. The van der Waals surface area contributed by atoms with Crippen molar-refractivity contribution in [2.75, 3.05) is 32.6 Å². The molecule has 1 saturated heterocycles. The van der Waals surface area contributed by atoms with E-state index in [-0.39, 0.29) is 16.8 Å². The van der Waals surface area contributed by atoms with Gasteiger partial charge in [0.05, 0.1) is 30.5 Å². The zero-order chi connectivity index (χ0) is 20.3. The maximum Gasteiger partial charge on any atom is 0.255 e. The van der Waals surface area contributed by atoms with E-state index in [9.17, 15) is 9.59 Å². The van der Waals surface area contributed by atoms with E-state index in [1.165, 1.54) is 20.3 Å². The smallest absolute Gasteiger partial charge is 0.255 e. The molecule has 1 aliphatic heterocycles. The van der Waals surface area contributed by atoms with Gasteiger partial charge in [0.2, 0.25) is 0 Å². The average molecular weight is 403 g/mol. The fourth-order valence-electron chi connectivity index (χ4n) is 3.34. The highest BCUT2D eigenvalue weighted by Crippen LogP contribution is 2.36. The molecular weight excluding hydrogens is 380 g/mol. The zero-order valence-electron chi connectivity index (χ0n) is 16.2. The van der Waals surface area contributed by atoms with Crippen LogP contribution in [0.4, 0.5) is 5.69 Å². The van der Waals surface area contributed by atoms with Crippen molar-refractivity contribution in [1.29, 1.82) is 0 Å². The maximum absolute atomic E-state index is 12.9. The lowest BCUT2D eigenvalue weighted by molar-refractivity contribution is 0.0793. The van der Waals surface area contributed by atoms with Gasteiger partial charge in [-0.15, -0.1) is 0 Å². The van der Waals surface area contributed by atoms with Gasteiger partial charge in [0.25, 0.3) is 11.8 Å². The number of carbonyl (C=O) groups is 2. The molecule has 148 valence electrons. The number of hydrogen-bond acceptors (Lipinski definition) is 4. The Morgan fingerprint density at radius 3 is 2.46 bits per heavy atom. The van der Waals surface area contributed by atoms with Gasteiger partial charge in [-0.05, 0) is 43.5 Å². The van der Waals surface area contributed by atoms with E-state index in [1.807, 2.05) is 24.0 Å². The average Bonchev–Trinajstić information content (AvgIpc) is 3.23. The molecule has 2 aromatic rings. The van der Waals surface area contributed by atoms with Gasteiger partial charge in [0.15, 0.2) is 11.5 Å². The van der Waals surface area contributed by atoms with E-state index in [0.717, 1.165) is 31.5 Å². The summed E-state index contributed by atoms with van der Waals surface area (Å²) < 4.78 is 10.5. The molecule has 1 fully saturated rings. The Labute approximate surface area is 169 Å². The molecule has 2 aromatic carbocycles. The standard InChI is InChI=1S/C21H23ClN2O4/c1-13-7-6-8-15(21(26)24-9-4-5-10-24)18(13)23-20(25)14-11-16(22)19(28-3)17(12-14)27-2/h6-8,11-12H,4-5,9-10H2,1-3H3,(H,23,25). The summed E-state index contributed by atoms with van der Waals surface area (Å²) in [7, 11) is 2.96. The summed E-state index contributed by atoms with van der Waals surface area (Å²) >= 11 is 6.21. The van der Waals surface area contributed by atoms with Crippen molar-refractivity contribution in [3.63, 3.8) is 0 Å². The second kappa shape index (κ2) is 8.52. The highest BCUT2D eigenvalue weighted by atomic mass is 35.5. The van der Waals surface area contributed by atoms with Crippen LogP contribution in [0.3, 0.4) is 0 Å². The van der Waals surface area contributed by atoms with Gasteiger partial charge in [-0.25, -0.2) is 0 Å². The van der Waals surface area contributed by atoms with Crippen molar-refractivity contribution >= 4 is 29.1 Å². The van der Waals surface area contributed by atoms with E-state index in [4.69, 9.17) is 21.1 Å². The minimum absolute atomic E-state index is 0.0677. The number of nitrogens with one attached hydrogen (secondary N) is 1. The Morgan fingerprint density at radius 2 is 1.82 bits per heavy atom. The van der Waals surface area contributed by atoms with Gasteiger partial charge in [-0.1, -0.05) is 23.7 Å². The van der Waals surface area contributed by atoms with Crippen LogP contribution in [0.2, 0.25) is 5.02 Å². The quantitative estimate of drug-likeness (QED) is 0.815. The fourth-order valence-corrected chi connectivity index (χ4v) is 3.63. The molecule has 0 aromatic heterocycles. The molecule has 7 heteroatoms. The largest absolute Gasteiger partial charge is 0.493 e. The maximum atomic E-state index is 12.9. The molecule has 0 spiro atoms. The molecule has 0 radical (unpaired) electrons. The second-order valence-electron chi connectivity index (χ2n) is 6.64. The van der Waals surface area contributed by atoms with Gasteiger partial charge in [-0.2, -0.15) is 0 Å². The number of methoxy groups -OCH3 is 2. The van der Waals surface area contributed by atoms with Crippen molar-refractivity contribution in [1.82, 2.24) is 4.90 Å². The number of rotatable bonds is 5. The molecule has 1 N–H and O–H groups in total. The number of hydrogen-bond donors (Lipinski definition) is 1. The predicted octanol–water partition coefficient (Wildman–Crippen LogP) is 4.15. The Morgan fingerprint density at radius 1 is 1.11 bits per heavy atom. The van der Waals surface area contributed by atoms with Crippen molar-refractivity contribution in [3.05, 3.63) is 52.0 Å². The van der Waals surface area contributed by atoms with E-state index in [0.29, 0.717) is 28.3 Å². The second-order valence-corrected chi connectivity index (χ2v) is 7.05. The molecule has 0 saturated carbocycles. The lowest BCUT2D eigenvalue weighted by atomic mass is 10.1.